The second-order valence-electron chi connectivity index (χ2n) is 6.00. The van der Waals surface area contributed by atoms with Gasteiger partial charge in [-0.05, 0) is 63.0 Å². The average Bonchev–Trinajstić information content (AvgIpc) is 2.49. The summed E-state index contributed by atoms with van der Waals surface area (Å²) in [6.07, 6.45) is 7.12. The van der Waals surface area contributed by atoms with Crippen LogP contribution in [0.25, 0.3) is 0 Å². The second-order valence-corrected chi connectivity index (χ2v) is 7.29. The molecule has 0 unspecified atom stereocenters. The number of nitrogens with two attached hydrogens (primary N) is 1. The van der Waals surface area contributed by atoms with E-state index in [1.54, 1.807) is 12.1 Å². The molecule has 1 aromatic carbocycles. The summed E-state index contributed by atoms with van der Waals surface area (Å²) in [6.45, 7) is 7.96. The molecule has 3 N–H and O–H groups in total. The molecule has 0 atom stereocenters. The van der Waals surface area contributed by atoms with Crippen LogP contribution in [0.4, 0.5) is 5.69 Å². The van der Waals surface area contributed by atoms with Gasteiger partial charge in [0, 0.05) is 5.69 Å². The highest BCUT2D eigenvalue weighted by atomic mass is 32.2. The topological polar surface area (TPSA) is 75.4 Å². The van der Waals surface area contributed by atoms with Crippen LogP contribution in [-0.4, -0.2) is 33.0 Å². The second kappa shape index (κ2) is 10.6. The van der Waals surface area contributed by atoms with Gasteiger partial charge in [-0.25, -0.2) is 5.14 Å². The third-order valence-electron chi connectivity index (χ3n) is 3.81. The summed E-state index contributed by atoms with van der Waals surface area (Å²) >= 11 is 0. The van der Waals surface area contributed by atoms with E-state index in [-0.39, 0.29) is 0 Å². The molecule has 0 heterocycles. The Balaban J connectivity index is 2.40. The number of benzene rings is 1. The molecule has 6 heteroatoms. The van der Waals surface area contributed by atoms with E-state index in [0.29, 0.717) is 5.69 Å². The SMILES string of the molecule is CCCCN(CCCC)CCCc1ccc(NS(N)(=O)=O)cc1. The maximum Gasteiger partial charge on any atom is 0.296 e. The number of rotatable bonds is 12. The molecule has 0 saturated carbocycles. The van der Waals surface area contributed by atoms with Crippen LogP contribution in [0.5, 0.6) is 0 Å². The maximum absolute atomic E-state index is 11.0. The van der Waals surface area contributed by atoms with Gasteiger partial charge in [-0.1, -0.05) is 38.8 Å². The molecule has 5 nitrogen and oxygen atoms in total. The van der Waals surface area contributed by atoms with E-state index in [1.165, 1.54) is 44.3 Å². The highest BCUT2D eigenvalue weighted by Crippen LogP contribution is 2.12. The Morgan fingerprint density at radius 2 is 1.48 bits per heavy atom. The van der Waals surface area contributed by atoms with Gasteiger partial charge in [-0.2, -0.15) is 8.42 Å². The van der Waals surface area contributed by atoms with Crippen molar-refractivity contribution in [3.8, 4) is 0 Å². The van der Waals surface area contributed by atoms with Gasteiger partial charge in [0.1, 0.15) is 0 Å². The molecule has 23 heavy (non-hydrogen) atoms. The first kappa shape index (κ1) is 19.9. The van der Waals surface area contributed by atoms with Gasteiger partial charge in [0.15, 0.2) is 0 Å². The van der Waals surface area contributed by atoms with Crippen LogP contribution in [0.3, 0.4) is 0 Å². The molecule has 0 aliphatic rings. The zero-order valence-electron chi connectivity index (χ0n) is 14.4. The lowest BCUT2D eigenvalue weighted by Gasteiger charge is -2.21. The molecule has 132 valence electrons. The summed E-state index contributed by atoms with van der Waals surface area (Å²) in [5.41, 5.74) is 1.72. The zero-order chi connectivity index (χ0) is 17.1. The number of hydrogen-bond donors (Lipinski definition) is 2. The normalized spacial score (nSPS) is 11.8. The number of anilines is 1. The van der Waals surface area contributed by atoms with Crippen molar-refractivity contribution in [2.24, 2.45) is 5.14 Å². The molecule has 0 fully saturated rings. The summed E-state index contributed by atoms with van der Waals surface area (Å²) in [6, 6.07) is 7.42. The summed E-state index contributed by atoms with van der Waals surface area (Å²) in [5, 5.41) is 4.95. The minimum absolute atomic E-state index is 0.503. The van der Waals surface area contributed by atoms with Gasteiger partial charge in [0.05, 0.1) is 0 Å². The Morgan fingerprint density at radius 3 is 1.96 bits per heavy atom. The predicted octanol–water partition coefficient (Wildman–Crippen LogP) is 3.14. The van der Waals surface area contributed by atoms with Crippen molar-refractivity contribution in [2.75, 3.05) is 24.4 Å². The lowest BCUT2D eigenvalue weighted by atomic mass is 10.1. The molecule has 0 saturated heterocycles. The Morgan fingerprint density at radius 1 is 0.957 bits per heavy atom. The number of nitrogens with one attached hydrogen (secondary N) is 1. The Hall–Kier alpha value is -1.11. The first-order valence-corrected chi connectivity index (χ1v) is 10.1. The van der Waals surface area contributed by atoms with Crippen LogP contribution in [0.2, 0.25) is 0 Å². The fourth-order valence-corrected chi connectivity index (χ4v) is 2.97. The monoisotopic (exact) mass is 341 g/mol. The summed E-state index contributed by atoms with van der Waals surface area (Å²) in [4.78, 5) is 2.56. The number of aryl methyl sites for hydroxylation is 1. The van der Waals surface area contributed by atoms with Crippen LogP contribution >= 0.6 is 0 Å². The van der Waals surface area contributed by atoms with Crippen LogP contribution in [-0.2, 0) is 16.6 Å². The van der Waals surface area contributed by atoms with E-state index in [4.69, 9.17) is 5.14 Å². The van der Waals surface area contributed by atoms with Crippen molar-refractivity contribution in [2.45, 2.75) is 52.4 Å². The van der Waals surface area contributed by atoms with Crippen LogP contribution < -0.4 is 9.86 Å². The quantitative estimate of drug-likeness (QED) is 0.613. The van der Waals surface area contributed by atoms with Gasteiger partial charge in [-0.3, -0.25) is 4.72 Å². The lowest BCUT2D eigenvalue weighted by Crippen LogP contribution is -2.27. The molecular formula is C17H31N3O2S. The third-order valence-corrected chi connectivity index (χ3v) is 4.33. The van der Waals surface area contributed by atoms with Crippen molar-refractivity contribution in [3.05, 3.63) is 29.8 Å². The molecule has 0 bridgehead atoms. The van der Waals surface area contributed by atoms with E-state index < -0.39 is 10.2 Å². The van der Waals surface area contributed by atoms with Crippen molar-refractivity contribution in [3.63, 3.8) is 0 Å². The van der Waals surface area contributed by atoms with Crippen LogP contribution in [0.1, 0.15) is 51.5 Å². The van der Waals surface area contributed by atoms with E-state index in [2.05, 4.69) is 23.5 Å². The smallest absolute Gasteiger partial charge is 0.296 e. The Labute approximate surface area is 141 Å². The predicted molar refractivity (Wildman–Crippen MR) is 97.7 cm³/mol. The fraction of sp³-hybridized carbons (Fsp3) is 0.647. The average molecular weight is 342 g/mol. The van der Waals surface area contributed by atoms with Crippen molar-refractivity contribution >= 4 is 15.9 Å². The van der Waals surface area contributed by atoms with Gasteiger partial charge >= 0.3 is 0 Å². The standard InChI is InChI=1S/C17H31N3O2S/c1-3-5-13-20(14-6-4-2)15-7-8-16-9-11-17(12-10-16)19-23(18,21)22/h9-12,19H,3-8,13-15H2,1-2H3,(H2,18,21,22). The van der Waals surface area contributed by atoms with Crippen LogP contribution in [0.15, 0.2) is 24.3 Å². The minimum atomic E-state index is -3.69. The van der Waals surface area contributed by atoms with Crippen LogP contribution in [0, 0.1) is 0 Å². The fourth-order valence-electron chi connectivity index (χ4n) is 2.51. The molecule has 0 radical (unpaired) electrons. The van der Waals surface area contributed by atoms with E-state index in [9.17, 15) is 8.42 Å². The number of nitrogens with zero attached hydrogens (tertiary/aromatic N) is 1. The summed E-state index contributed by atoms with van der Waals surface area (Å²) in [5.74, 6) is 0. The van der Waals surface area contributed by atoms with Crippen molar-refractivity contribution in [1.82, 2.24) is 4.90 Å². The molecular weight excluding hydrogens is 310 g/mol. The number of unbranched alkanes of at least 4 members (excludes halogenated alkanes) is 2. The minimum Gasteiger partial charge on any atom is -0.303 e. The van der Waals surface area contributed by atoms with E-state index in [0.717, 1.165) is 19.4 Å². The molecule has 0 aliphatic heterocycles. The Bertz CT molecular complexity index is 521. The van der Waals surface area contributed by atoms with Gasteiger partial charge in [-0.15, -0.1) is 0 Å². The van der Waals surface area contributed by atoms with E-state index >= 15 is 0 Å². The first-order chi connectivity index (χ1) is 10.9. The van der Waals surface area contributed by atoms with Gasteiger partial charge in [0.25, 0.3) is 10.2 Å². The zero-order valence-corrected chi connectivity index (χ0v) is 15.2. The summed E-state index contributed by atoms with van der Waals surface area (Å²) < 4.78 is 24.2. The largest absolute Gasteiger partial charge is 0.303 e. The van der Waals surface area contributed by atoms with Gasteiger partial charge < -0.3 is 4.90 Å². The summed E-state index contributed by atoms with van der Waals surface area (Å²) in [7, 11) is -3.69. The molecule has 1 rings (SSSR count). The van der Waals surface area contributed by atoms with Gasteiger partial charge in [0.2, 0.25) is 0 Å². The van der Waals surface area contributed by atoms with Crippen molar-refractivity contribution in [1.29, 1.82) is 0 Å². The third kappa shape index (κ3) is 9.58. The first-order valence-electron chi connectivity index (χ1n) is 8.56. The molecule has 0 spiro atoms. The van der Waals surface area contributed by atoms with Crippen molar-refractivity contribution < 1.29 is 8.42 Å². The van der Waals surface area contributed by atoms with E-state index in [1.807, 2.05) is 12.1 Å². The highest BCUT2D eigenvalue weighted by molar-refractivity contribution is 7.90. The number of hydrogen-bond acceptors (Lipinski definition) is 3. The molecule has 1 aromatic rings. The Kier molecular flexibility index (Phi) is 9.21. The highest BCUT2D eigenvalue weighted by Gasteiger charge is 2.05. The maximum atomic E-state index is 11.0. The molecule has 0 aromatic heterocycles. The lowest BCUT2D eigenvalue weighted by molar-refractivity contribution is 0.262. The molecule has 0 amide bonds. The molecule has 0 aliphatic carbocycles.